The first kappa shape index (κ1) is 16.1. The Kier molecular flexibility index (Phi) is 4.57. The van der Waals surface area contributed by atoms with Crippen LogP contribution in [0.2, 0.25) is 0 Å². The van der Waals surface area contributed by atoms with Crippen LogP contribution in [-0.4, -0.2) is 33.2 Å². The van der Waals surface area contributed by atoms with E-state index in [0.717, 1.165) is 18.4 Å². The summed E-state index contributed by atoms with van der Waals surface area (Å²) in [6.07, 6.45) is 3.41. The van der Waals surface area contributed by atoms with E-state index >= 15 is 0 Å². The number of thiophene rings is 1. The van der Waals surface area contributed by atoms with Crippen molar-refractivity contribution >= 4 is 28.2 Å². The van der Waals surface area contributed by atoms with Crippen molar-refractivity contribution in [2.75, 3.05) is 11.9 Å². The maximum absolute atomic E-state index is 12.2. The number of ether oxygens (including phenoxy) is 1. The number of amides is 1. The van der Waals surface area contributed by atoms with Crippen LogP contribution in [0.25, 0.3) is 0 Å². The normalized spacial score (nSPS) is 13.3. The van der Waals surface area contributed by atoms with Gasteiger partial charge in [0.1, 0.15) is 23.9 Å². The number of nitriles is 1. The summed E-state index contributed by atoms with van der Waals surface area (Å²) in [7, 11) is 0. The highest BCUT2D eigenvalue weighted by Crippen LogP contribution is 2.46. The Labute approximate surface area is 142 Å². The summed E-state index contributed by atoms with van der Waals surface area (Å²) in [4.78, 5) is 28.1. The Morgan fingerprint density at radius 3 is 2.96 bits per heavy atom. The number of esters is 1. The Bertz CT molecular complexity index is 815. The first-order chi connectivity index (χ1) is 11.6. The molecule has 2 heterocycles. The molecule has 24 heavy (non-hydrogen) atoms. The maximum Gasteiger partial charge on any atom is 0.341 e. The topological polar surface area (TPSA) is 110 Å². The Hall–Kier alpha value is -2.73. The van der Waals surface area contributed by atoms with E-state index in [-0.39, 0.29) is 24.9 Å². The van der Waals surface area contributed by atoms with Crippen LogP contribution in [0.1, 0.15) is 47.4 Å². The zero-order valence-corrected chi connectivity index (χ0v) is 13.8. The van der Waals surface area contributed by atoms with E-state index in [4.69, 9.17) is 10.00 Å². The molecule has 9 heteroatoms. The van der Waals surface area contributed by atoms with Crippen LogP contribution in [0.15, 0.2) is 11.7 Å². The number of carbonyl (C=O) groups excluding carboxylic acids is 2. The number of hydrogen-bond acceptors (Lipinski definition) is 7. The van der Waals surface area contributed by atoms with Crippen molar-refractivity contribution in [1.29, 1.82) is 5.26 Å². The van der Waals surface area contributed by atoms with Gasteiger partial charge in [-0.2, -0.15) is 5.26 Å². The molecule has 1 aliphatic rings. The summed E-state index contributed by atoms with van der Waals surface area (Å²) in [5.41, 5.74) is 1.40. The second-order valence-electron chi connectivity index (χ2n) is 5.32. The van der Waals surface area contributed by atoms with Crippen molar-refractivity contribution < 1.29 is 14.3 Å². The van der Waals surface area contributed by atoms with Crippen molar-refractivity contribution in [3.05, 3.63) is 28.7 Å². The van der Waals surface area contributed by atoms with Gasteiger partial charge in [0.25, 0.3) is 5.82 Å². The molecule has 1 aliphatic carbocycles. The molecule has 124 valence electrons. The lowest BCUT2D eigenvalue weighted by Crippen LogP contribution is -2.20. The molecule has 0 saturated heterocycles. The number of anilines is 1. The Balaban J connectivity index is 1.75. The smallest absolute Gasteiger partial charge is 0.341 e. The number of rotatable bonds is 6. The minimum Gasteiger partial charge on any atom is -0.462 e. The van der Waals surface area contributed by atoms with Gasteiger partial charge in [-0.25, -0.2) is 14.5 Å². The molecular weight excluding hydrogens is 330 g/mol. The molecule has 0 bridgehead atoms. The molecule has 2 aromatic rings. The second kappa shape index (κ2) is 6.80. The molecular formula is C15H15N5O3S. The summed E-state index contributed by atoms with van der Waals surface area (Å²) in [5.74, 6) is -0.385. The van der Waals surface area contributed by atoms with Gasteiger partial charge in [0.2, 0.25) is 5.91 Å². The predicted molar refractivity (Wildman–Crippen MR) is 85.6 cm³/mol. The molecule has 0 atom stereocenters. The van der Waals surface area contributed by atoms with Crippen LogP contribution in [0.4, 0.5) is 5.00 Å². The average Bonchev–Trinajstić information content (AvgIpc) is 3.16. The SMILES string of the molecule is CCOC(=O)c1c(C2CC2)csc1NC(=O)Cn1cnc(C#N)n1. The molecule has 0 aromatic carbocycles. The highest BCUT2D eigenvalue weighted by Gasteiger charge is 2.32. The van der Waals surface area contributed by atoms with Crippen LogP contribution in [-0.2, 0) is 16.1 Å². The monoisotopic (exact) mass is 345 g/mol. The van der Waals surface area contributed by atoms with Gasteiger partial charge in [-0.15, -0.1) is 16.4 Å². The lowest BCUT2D eigenvalue weighted by molar-refractivity contribution is -0.116. The fourth-order valence-corrected chi connectivity index (χ4v) is 3.35. The average molecular weight is 345 g/mol. The molecule has 0 aliphatic heterocycles. The zero-order chi connectivity index (χ0) is 17.1. The van der Waals surface area contributed by atoms with Crippen molar-refractivity contribution in [2.45, 2.75) is 32.2 Å². The summed E-state index contributed by atoms with van der Waals surface area (Å²) >= 11 is 1.32. The van der Waals surface area contributed by atoms with Crippen LogP contribution < -0.4 is 5.32 Å². The van der Waals surface area contributed by atoms with Crippen LogP contribution in [0.5, 0.6) is 0 Å². The van der Waals surface area contributed by atoms with E-state index in [1.54, 1.807) is 13.0 Å². The zero-order valence-electron chi connectivity index (χ0n) is 13.0. The minimum atomic E-state index is -0.413. The third-order valence-corrected chi connectivity index (χ3v) is 4.42. The fraction of sp³-hybridized carbons (Fsp3) is 0.400. The summed E-state index contributed by atoms with van der Waals surface area (Å²) in [5, 5.41) is 17.7. The molecule has 2 aromatic heterocycles. The molecule has 1 fully saturated rings. The standard InChI is InChI=1S/C15H15N5O3S/c1-2-23-15(22)13-10(9-3-4-9)7-24-14(13)18-12(21)6-20-8-17-11(5-16)19-20/h7-9H,2-4,6H2,1H3,(H,18,21). The van der Waals surface area contributed by atoms with Gasteiger partial charge in [0.05, 0.1) is 12.2 Å². The van der Waals surface area contributed by atoms with Crippen molar-refractivity contribution in [3.8, 4) is 6.07 Å². The largest absolute Gasteiger partial charge is 0.462 e. The third kappa shape index (κ3) is 3.44. The van der Waals surface area contributed by atoms with Gasteiger partial charge >= 0.3 is 5.97 Å². The fourth-order valence-electron chi connectivity index (χ4n) is 2.31. The highest BCUT2D eigenvalue weighted by atomic mass is 32.1. The van der Waals surface area contributed by atoms with E-state index in [2.05, 4.69) is 15.4 Å². The van der Waals surface area contributed by atoms with Crippen molar-refractivity contribution in [2.24, 2.45) is 0 Å². The maximum atomic E-state index is 12.2. The van der Waals surface area contributed by atoms with Gasteiger partial charge in [-0.3, -0.25) is 4.79 Å². The van der Waals surface area contributed by atoms with Crippen LogP contribution >= 0.6 is 11.3 Å². The number of nitrogens with zero attached hydrogens (tertiary/aromatic N) is 4. The molecule has 1 N–H and O–H groups in total. The Morgan fingerprint density at radius 2 is 2.33 bits per heavy atom. The van der Waals surface area contributed by atoms with E-state index in [1.165, 1.54) is 22.3 Å². The molecule has 1 amide bonds. The molecule has 8 nitrogen and oxygen atoms in total. The molecule has 1 saturated carbocycles. The first-order valence-corrected chi connectivity index (χ1v) is 8.38. The van der Waals surface area contributed by atoms with E-state index in [0.29, 0.717) is 16.5 Å². The summed E-state index contributed by atoms with van der Waals surface area (Å²) in [6.45, 7) is 1.94. The number of carbonyl (C=O) groups is 2. The van der Waals surface area contributed by atoms with Gasteiger partial charge in [-0.1, -0.05) is 0 Å². The Morgan fingerprint density at radius 1 is 1.54 bits per heavy atom. The van der Waals surface area contributed by atoms with E-state index in [1.807, 2.05) is 5.38 Å². The first-order valence-electron chi connectivity index (χ1n) is 7.50. The van der Waals surface area contributed by atoms with Crippen LogP contribution in [0, 0.1) is 11.3 Å². The van der Waals surface area contributed by atoms with Gasteiger partial charge in [0, 0.05) is 0 Å². The third-order valence-electron chi connectivity index (χ3n) is 3.51. The van der Waals surface area contributed by atoms with Crippen LogP contribution in [0.3, 0.4) is 0 Å². The second-order valence-corrected chi connectivity index (χ2v) is 6.20. The molecule has 3 rings (SSSR count). The highest BCUT2D eigenvalue weighted by molar-refractivity contribution is 7.15. The van der Waals surface area contributed by atoms with Gasteiger partial charge in [0.15, 0.2) is 0 Å². The molecule has 0 radical (unpaired) electrons. The number of nitrogens with one attached hydrogen (secondary N) is 1. The van der Waals surface area contributed by atoms with Crippen molar-refractivity contribution in [1.82, 2.24) is 14.8 Å². The lowest BCUT2D eigenvalue weighted by Gasteiger charge is -2.08. The van der Waals surface area contributed by atoms with Crippen molar-refractivity contribution in [3.63, 3.8) is 0 Å². The number of hydrogen-bond donors (Lipinski definition) is 1. The minimum absolute atomic E-state index is 0.00200. The van der Waals surface area contributed by atoms with E-state index in [9.17, 15) is 9.59 Å². The summed E-state index contributed by atoms with van der Waals surface area (Å²) < 4.78 is 6.39. The van der Waals surface area contributed by atoms with E-state index < -0.39 is 5.97 Å². The van der Waals surface area contributed by atoms with Gasteiger partial charge < -0.3 is 10.1 Å². The number of aromatic nitrogens is 3. The molecule has 0 unspecified atom stereocenters. The quantitative estimate of drug-likeness (QED) is 0.801. The van der Waals surface area contributed by atoms with Gasteiger partial charge in [-0.05, 0) is 36.6 Å². The predicted octanol–water partition coefficient (Wildman–Crippen LogP) is 1.90. The molecule has 0 spiro atoms. The summed E-state index contributed by atoms with van der Waals surface area (Å²) in [6, 6.07) is 1.80. The lowest BCUT2D eigenvalue weighted by atomic mass is 10.1.